The van der Waals surface area contributed by atoms with Crippen molar-refractivity contribution in [1.82, 2.24) is 15.5 Å². The van der Waals surface area contributed by atoms with Crippen LogP contribution < -0.4 is 15.5 Å². The topological polar surface area (TPSA) is 81.8 Å². The number of imide groups is 1. The minimum atomic E-state index is -0.814. The highest BCUT2D eigenvalue weighted by atomic mass is 16.2. The van der Waals surface area contributed by atoms with E-state index in [9.17, 15) is 14.4 Å². The molecular formula is C27H34N4O3. The molecule has 2 aliphatic rings. The van der Waals surface area contributed by atoms with Crippen LogP contribution in [0.15, 0.2) is 60.7 Å². The average Bonchev–Trinajstić information content (AvgIpc) is 3.07. The van der Waals surface area contributed by atoms with Gasteiger partial charge >= 0.3 is 6.03 Å². The summed E-state index contributed by atoms with van der Waals surface area (Å²) >= 11 is 0. The lowest BCUT2D eigenvalue weighted by Crippen LogP contribution is -2.50. The molecule has 4 rings (SSSR count). The maximum absolute atomic E-state index is 13.1. The van der Waals surface area contributed by atoms with E-state index in [4.69, 9.17) is 0 Å². The second-order valence-corrected chi connectivity index (χ2v) is 9.29. The molecular weight excluding hydrogens is 428 g/mol. The fourth-order valence-corrected chi connectivity index (χ4v) is 5.11. The number of carbonyl (C=O) groups excluding carboxylic acids is 3. The van der Waals surface area contributed by atoms with Crippen LogP contribution >= 0.6 is 0 Å². The van der Waals surface area contributed by atoms with Gasteiger partial charge in [0.2, 0.25) is 5.91 Å². The second kappa shape index (κ2) is 10.7. The zero-order chi connectivity index (χ0) is 24.0. The first-order valence-corrected chi connectivity index (χ1v) is 12.3. The van der Waals surface area contributed by atoms with Gasteiger partial charge in [-0.1, -0.05) is 67.8 Å². The number of urea groups is 1. The Labute approximate surface area is 201 Å². The van der Waals surface area contributed by atoms with E-state index < -0.39 is 11.6 Å². The Kier molecular flexibility index (Phi) is 7.50. The van der Waals surface area contributed by atoms with Crippen LogP contribution in [0.3, 0.4) is 0 Å². The van der Waals surface area contributed by atoms with Crippen LogP contribution in [0.5, 0.6) is 0 Å². The van der Waals surface area contributed by atoms with Crippen molar-refractivity contribution in [2.24, 2.45) is 0 Å². The van der Waals surface area contributed by atoms with Gasteiger partial charge in [-0.2, -0.15) is 0 Å². The Morgan fingerprint density at radius 2 is 1.68 bits per heavy atom. The Morgan fingerprint density at radius 1 is 1.03 bits per heavy atom. The number of para-hydroxylation sites is 1. The quantitative estimate of drug-likeness (QED) is 0.559. The van der Waals surface area contributed by atoms with E-state index in [0.29, 0.717) is 25.8 Å². The summed E-state index contributed by atoms with van der Waals surface area (Å²) in [5.74, 6) is -0.576. The lowest BCUT2D eigenvalue weighted by molar-refractivity contribution is -0.136. The lowest BCUT2D eigenvalue weighted by atomic mass is 9.82. The summed E-state index contributed by atoms with van der Waals surface area (Å²) < 4.78 is 0. The Hall–Kier alpha value is -3.35. The van der Waals surface area contributed by atoms with E-state index in [-0.39, 0.29) is 24.4 Å². The van der Waals surface area contributed by atoms with E-state index in [0.717, 1.165) is 42.0 Å². The van der Waals surface area contributed by atoms with Gasteiger partial charge in [0.15, 0.2) is 0 Å². The molecule has 2 fully saturated rings. The monoisotopic (exact) mass is 462 g/mol. The molecule has 1 aliphatic heterocycles. The van der Waals surface area contributed by atoms with Gasteiger partial charge in [0.25, 0.3) is 5.91 Å². The molecule has 7 nitrogen and oxygen atoms in total. The number of rotatable bonds is 9. The van der Waals surface area contributed by atoms with Crippen molar-refractivity contribution >= 4 is 23.5 Å². The smallest absolute Gasteiger partial charge is 0.325 e. The summed E-state index contributed by atoms with van der Waals surface area (Å²) in [6.45, 7) is 3.24. The molecule has 0 radical (unpaired) electrons. The van der Waals surface area contributed by atoms with Crippen molar-refractivity contribution in [1.29, 1.82) is 0 Å². The Balaban J connectivity index is 1.45. The van der Waals surface area contributed by atoms with Crippen LogP contribution in [0.1, 0.15) is 44.6 Å². The number of hydrogen-bond acceptors (Lipinski definition) is 4. The highest BCUT2D eigenvalue weighted by Gasteiger charge is 2.51. The fraction of sp³-hybridized carbons (Fsp3) is 0.444. The van der Waals surface area contributed by atoms with E-state index in [1.807, 2.05) is 48.5 Å². The van der Waals surface area contributed by atoms with Crippen molar-refractivity contribution in [3.05, 3.63) is 66.2 Å². The fourth-order valence-electron chi connectivity index (χ4n) is 5.11. The lowest BCUT2D eigenvalue weighted by Gasteiger charge is -2.31. The molecule has 1 heterocycles. The summed E-state index contributed by atoms with van der Waals surface area (Å²) in [6.07, 6.45) is 4.85. The highest BCUT2D eigenvalue weighted by molar-refractivity contribution is 6.09. The number of nitrogens with one attached hydrogen (secondary N) is 2. The number of hydrogen-bond donors (Lipinski definition) is 2. The molecule has 1 atom stereocenters. The second-order valence-electron chi connectivity index (χ2n) is 9.29. The molecule has 34 heavy (non-hydrogen) atoms. The minimum absolute atomic E-state index is 0.181. The molecule has 2 N–H and O–H groups in total. The summed E-state index contributed by atoms with van der Waals surface area (Å²) in [5, 5.41) is 5.98. The predicted octanol–water partition coefficient (Wildman–Crippen LogP) is 3.50. The van der Waals surface area contributed by atoms with Gasteiger partial charge in [0.1, 0.15) is 12.1 Å². The van der Waals surface area contributed by atoms with Gasteiger partial charge in [0, 0.05) is 18.8 Å². The van der Waals surface area contributed by atoms with Gasteiger partial charge in [0.05, 0.1) is 6.04 Å². The van der Waals surface area contributed by atoms with Gasteiger partial charge in [-0.15, -0.1) is 0 Å². The maximum atomic E-state index is 13.1. The first kappa shape index (κ1) is 23.8. The van der Waals surface area contributed by atoms with E-state index in [1.165, 1.54) is 0 Å². The number of carbonyl (C=O) groups is 3. The normalized spacial score (nSPS) is 18.0. The number of likely N-dealkylation sites (N-methyl/N-ethyl adjacent to an activating group) is 1. The number of benzene rings is 2. The molecule has 1 aliphatic carbocycles. The zero-order valence-corrected chi connectivity index (χ0v) is 19.8. The van der Waals surface area contributed by atoms with Crippen molar-refractivity contribution in [2.45, 2.75) is 57.0 Å². The van der Waals surface area contributed by atoms with Gasteiger partial charge in [-0.25, -0.2) is 4.79 Å². The van der Waals surface area contributed by atoms with Crippen molar-refractivity contribution in [3.63, 3.8) is 0 Å². The molecule has 7 heteroatoms. The zero-order valence-electron chi connectivity index (χ0n) is 19.8. The third-order valence-corrected chi connectivity index (χ3v) is 6.89. The largest absolute Gasteiger partial charge is 0.370 e. The van der Waals surface area contributed by atoms with Crippen molar-refractivity contribution < 1.29 is 14.4 Å². The van der Waals surface area contributed by atoms with Crippen LogP contribution in [-0.4, -0.2) is 54.0 Å². The van der Waals surface area contributed by atoms with Gasteiger partial charge in [-0.3, -0.25) is 14.5 Å². The summed E-state index contributed by atoms with van der Waals surface area (Å²) in [4.78, 5) is 42.0. The SMILES string of the molecule is CCN(C[C@H](Cc1ccccc1)NC(=O)CN1C(=O)NC2(CCCCC2)C1=O)c1ccccc1. The third kappa shape index (κ3) is 5.41. The Bertz CT molecular complexity index is 989. The van der Waals surface area contributed by atoms with Crippen LogP contribution in [0.25, 0.3) is 0 Å². The average molecular weight is 463 g/mol. The molecule has 0 unspecified atom stereocenters. The molecule has 1 spiro atoms. The first-order valence-electron chi connectivity index (χ1n) is 12.3. The van der Waals surface area contributed by atoms with Gasteiger partial charge < -0.3 is 15.5 Å². The van der Waals surface area contributed by atoms with Crippen molar-refractivity contribution in [2.75, 3.05) is 24.5 Å². The predicted molar refractivity (Wildman–Crippen MR) is 132 cm³/mol. The highest BCUT2D eigenvalue weighted by Crippen LogP contribution is 2.33. The Morgan fingerprint density at radius 3 is 2.32 bits per heavy atom. The maximum Gasteiger partial charge on any atom is 0.325 e. The molecule has 4 amide bonds. The summed E-state index contributed by atoms with van der Waals surface area (Å²) in [7, 11) is 0. The molecule has 1 saturated heterocycles. The van der Waals surface area contributed by atoms with Crippen LogP contribution in [0.2, 0.25) is 0 Å². The third-order valence-electron chi connectivity index (χ3n) is 6.89. The molecule has 1 saturated carbocycles. The van der Waals surface area contributed by atoms with Crippen LogP contribution in [0.4, 0.5) is 10.5 Å². The summed E-state index contributed by atoms with van der Waals surface area (Å²) in [6, 6.07) is 19.5. The first-order chi connectivity index (χ1) is 16.5. The van der Waals surface area contributed by atoms with E-state index >= 15 is 0 Å². The molecule has 180 valence electrons. The van der Waals surface area contributed by atoms with Crippen LogP contribution in [-0.2, 0) is 16.0 Å². The standard InChI is InChI=1S/C27H34N4O3/c1-2-30(23-14-8-4-9-15-23)19-22(18-21-12-6-3-7-13-21)28-24(32)20-31-25(33)27(29-26(31)34)16-10-5-11-17-27/h3-4,6-9,12-15,22H,2,5,10-11,16-20H2,1H3,(H,28,32)(H,29,34)/t22-/m0/s1. The number of anilines is 1. The molecule has 0 bridgehead atoms. The van der Waals surface area contributed by atoms with E-state index in [1.54, 1.807) is 0 Å². The summed E-state index contributed by atoms with van der Waals surface area (Å²) in [5.41, 5.74) is 1.39. The van der Waals surface area contributed by atoms with E-state index in [2.05, 4.69) is 34.6 Å². The number of amides is 4. The molecule has 2 aromatic rings. The molecule has 0 aromatic heterocycles. The minimum Gasteiger partial charge on any atom is -0.370 e. The van der Waals surface area contributed by atoms with Crippen molar-refractivity contribution in [3.8, 4) is 0 Å². The van der Waals surface area contributed by atoms with Crippen LogP contribution in [0, 0.1) is 0 Å². The molecule has 2 aromatic carbocycles. The van der Waals surface area contributed by atoms with Gasteiger partial charge in [-0.05, 0) is 43.9 Å². The number of nitrogens with zero attached hydrogens (tertiary/aromatic N) is 2.